The average Bonchev–Trinajstić information content (AvgIpc) is 3.77. The van der Waals surface area contributed by atoms with E-state index < -0.39 is 19.6 Å². The fourth-order valence-corrected chi connectivity index (χ4v) is 9.15. The maximum Gasteiger partial charge on any atom is 0.319 e. The van der Waals surface area contributed by atoms with Crippen molar-refractivity contribution in [1.82, 2.24) is 24.8 Å². The van der Waals surface area contributed by atoms with Crippen molar-refractivity contribution >= 4 is 46.8 Å². The second-order valence-corrected chi connectivity index (χ2v) is 16.4. The average molecular weight is 698 g/mol. The summed E-state index contributed by atoms with van der Waals surface area (Å²) in [4.78, 5) is 33.8. The standard InChI is InChI=1S/C37H38F2N7O3P/c1-4-25-28(38)10-7-21-15-24(47)16-26(29(21)25)31-30(39)32-27(17-41-31)34(43-36(42-32)49-20-37-11-5-13-45(37)14-6-12-37)44-18-22-8-9-23(19-44)46(22)35(48)33(40)50(2)3/h1,7,10,15-17,22-23,40,47H,5-6,8-9,11-14,18-20H2,2-3H3/t22-,23?/m0/s1. The lowest BCUT2D eigenvalue weighted by molar-refractivity contribution is -0.127. The number of amides is 1. The van der Waals surface area contributed by atoms with Crippen molar-refractivity contribution in [3.05, 3.63) is 47.7 Å². The first-order valence-electron chi connectivity index (χ1n) is 17.1. The van der Waals surface area contributed by atoms with Crippen LogP contribution in [0.5, 0.6) is 11.8 Å². The van der Waals surface area contributed by atoms with Crippen molar-refractivity contribution < 1.29 is 23.4 Å². The Kier molecular flexibility index (Phi) is 8.11. The molecule has 2 aromatic heterocycles. The number of anilines is 1. The number of rotatable bonds is 7. The van der Waals surface area contributed by atoms with Gasteiger partial charge in [-0.1, -0.05) is 19.9 Å². The molecule has 0 saturated carbocycles. The topological polar surface area (TPSA) is 119 Å². The Hall–Kier alpha value is -4.46. The van der Waals surface area contributed by atoms with Gasteiger partial charge >= 0.3 is 6.01 Å². The van der Waals surface area contributed by atoms with Crippen LogP contribution in [-0.2, 0) is 4.79 Å². The van der Waals surface area contributed by atoms with Gasteiger partial charge in [0, 0.05) is 30.2 Å². The van der Waals surface area contributed by atoms with Crippen LogP contribution in [0.1, 0.15) is 44.1 Å². The molecule has 8 rings (SSSR count). The number of ether oxygens (including phenoxy) is 1. The molecule has 2 atom stereocenters. The lowest BCUT2D eigenvalue weighted by Crippen LogP contribution is -2.57. The van der Waals surface area contributed by atoms with E-state index in [1.54, 1.807) is 0 Å². The zero-order valence-electron chi connectivity index (χ0n) is 28.0. The minimum Gasteiger partial charge on any atom is -0.508 e. The van der Waals surface area contributed by atoms with Gasteiger partial charge in [0.1, 0.15) is 40.7 Å². The molecule has 4 saturated heterocycles. The van der Waals surface area contributed by atoms with Crippen molar-refractivity contribution in [2.75, 3.05) is 51.0 Å². The number of terminal acetylenes is 1. The van der Waals surface area contributed by atoms with Crippen LogP contribution in [0.15, 0.2) is 30.5 Å². The van der Waals surface area contributed by atoms with Gasteiger partial charge < -0.3 is 19.6 Å². The van der Waals surface area contributed by atoms with Gasteiger partial charge in [-0.25, -0.2) is 8.78 Å². The van der Waals surface area contributed by atoms with E-state index in [9.17, 15) is 14.3 Å². The van der Waals surface area contributed by atoms with Crippen molar-refractivity contribution in [3.8, 4) is 35.4 Å². The summed E-state index contributed by atoms with van der Waals surface area (Å²) in [6.07, 6.45) is 13.0. The number of fused-ring (bicyclic) bond motifs is 5. The van der Waals surface area contributed by atoms with E-state index in [1.807, 2.05) is 18.2 Å². The van der Waals surface area contributed by atoms with Crippen LogP contribution in [-0.4, -0.2) is 105 Å². The molecule has 1 unspecified atom stereocenters. The van der Waals surface area contributed by atoms with Gasteiger partial charge in [0.25, 0.3) is 5.91 Å². The Morgan fingerprint density at radius 2 is 1.86 bits per heavy atom. The molecule has 4 aromatic rings. The quantitative estimate of drug-likeness (QED) is 0.143. The lowest BCUT2D eigenvalue weighted by Gasteiger charge is -2.42. The Balaban J connectivity index is 1.24. The maximum atomic E-state index is 17.0. The number of piperazine rings is 1. The van der Waals surface area contributed by atoms with Gasteiger partial charge in [-0.05, 0) is 88.5 Å². The summed E-state index contributed by atoms with van der Waals surface area (Å²) in [6.45, 7) is 7.17. The molecule has 13 heteroatoms. The van der Waals surface area contributed by atoms with Gasteiger partial charge in [-0.2, -0.15) is 9.97 Å². The molecule has 6 heterocycles. The number of halogens is 2. The Labute approximate surface area is 290 Å². The number of benzene rings is 2. The van der Waals surface area contributed by atoms with Crippen molar-refractivity contribution in [2.24, 2.45) is 0 Å². The van der Waals surface area contributed by atoms with Gasteiger partial charge in [-0.3, -0.25) is 20.1 Å². The van der Waals surface area contributed by atoms with E-state index in [-0.39, 0.29) is 68.5 Å². The highest BCUT2D eigenvalue weighted by atomic mass is 31.1. The summed E-state index contributed by atoms with van der Waals surface area (Å²) in [7, 11) is -0.836. The molecule has 2 N–H and O–H groups in total. The number of carbonyl (C=O) groups excluding carboxylic acids is 1. The number of phenols is 1. The third kappa shape index (κ3) is 5.25. The number of aromatic nitrogens is 3. The van der Waals surface area contributed by atoms with E-state index in [1.165, 1.54) is 30.5 Å². The molecule has 4 fully saturated rings. The summed E-state index contributed by atoms with van der Waals surface area (Å²) in [6, 6.07) is 5.28. The molecule has 2 bridgehead atoms. The Morgan fingerprint density at radius 1 is 1.14 bits per heavy atom. The van der Waals surface area contributed by atoms with E-state index in [0.29, 0.717) is 36.3 Å². The molecule has 2 aromatic carbocycles. The monoisotopic (exact) mass is 697 g/mol. The lowest BCUT2D eigenvalue weighted by atomic mass is 9.95. The number of phenolic OH excluding ortho intramolecular Hbond substituents is 1. The van der Waals surface area contributed by atoms with Crippen LogP contribution in [0.25, 0.3) is 32.9 Å². The van der Waals surface area contributed by atoms with E-state index in [0.717, 1.165) is 51.6 Å². The predicted molar refractivity (Wildman–Crippen MR) is 190 cm³/mol. The van der Waals surface area contributed by atoms with Gasteiger partial charge in [-0.15, -0.1) is 6.42 Å². The SMILES string of the molecule is C#Cc1c(F)ccc2cc(O)cc(-c3ncc4c(N5CC6CC[C@@H](C5)N6C(=O)C(=N)P(C)C)nc(OCC56CCCN5CCC6)nc4c3F)c12. The van der Waals surface area contributed by atoms with Gasteiger partial charge in [0.05, 0.1) is 28.6 Å². The molecular weight excluding hydrogens is 659 g/mol. The molecule has 0 aliphatic carbocycles. The minimum atomic E-state index is -0.836. The van der Waals surface area contributed by atoms with E-state index >= 15 is 4.39 Å². The summed E-state index contributed by atoms with van der Waals surface area (Å²) >= 11 is 0. The van der Waals surface area contributed by atoms with Crippen molar-refractivity contribution in [1.29, 1.82) is 5.41 Å². The number of hydrogen-bond acceptors (Lipinski definition) is 9. The first-order valence-corrected chi connectivity index (χ1v) is 19.3. The molecule has 0 spiro atoms. The largest absolute Gasteiger partial charge is 0.508 e. The Bertz CT molecular complexity index is 2100. The second kappa shape index (κ2) is 12.4. The molecular formula is C37H38F2N7O3P. The van der Waals surface area contributed by atoms with Crippen molar-refractivity contribution in [2.45, 2.75) is 56.1 Å². The molecule has 4 aliphatic rings. The van der Waals surface area contributed by atoms with Crippen LogP contribution in [0.4, 0.5) is 14.6 Å². The number of nitrogens with one attached hydrogen (secondary N) is 1. The fraction of sp³-hybridized carbons (Fsp3) is 0.432. The maximum absolute atomic E-state index is 17.0. The molecule has 10 nitrogen and oxygen atoms in total. The highest BCUT2D eigenvalue weighted by molar-refractivity contribution is 7.76. The van der Waals surface area contributed by atoms with Gasteiger partial charge in [0.15, 0.2) is 5.82 Å². The van der Waals surface area contributed by atoms with Crippen molar-refractivity contribution in [3.63, 3.8) is 0 Å². The first kappa shape index (κ1) is 32.7. The molecule has 0 radical (unpaired) electrons. The molecule has 4 aliphatic heterocycles. The number of hydrogen-bond donors (Lipinski definition) is 2. The highest BCUT2D eigenvalue weighted by Crippen LogP contribution is 2.42. The third-order valence-corrected chi connectivity index (χ3v) is 12.1. The molecule has 1 amide bonds. The van der Waals surface area contributed by atoms with Crippen LogP contribution in [0, 0.1) is 29.4 Å². The van der Waals surface area contributed by atoms with Gasteiger partial charge in [0.2, 0.25) is 0 Å². The smallest absolute Gasteiger partial charge is 0.319 e. The number of nitrogens with zero attached hydrogens (tertiary/aromatic N) is 6. The van der Waals surface area contributed by atoms with Crippen LogP contribution >= 0.6 is 7.92 Å². The number of aromatic hydroxyl groups is 1. The fourth-order valence-electron chi connectivity index (χ4n) is 8.65. The predicted octanol–water partition coefficient (Wildman–Crippen LogP) is 5.72. The van der Waals surface area contributed by atoms with E-state index in [4.69, 9.17) is 21.6 Å². The number of pyridine rings is 1. The summed E-state index contributed by atoms with van der Waals surface area (Å²) in [5.41, 5.74) is -0.0146. The summed E-state index contributed by atoms with van der Waals surface area (Å²) < 4.78 is 38.3. The summed E-state index contributed by atoms with van der Waals surface area (Å²) in [5.74, 6) is 1.06. The minimum absolute atomic E-state index is 0.0207. The Morgan fingerprint density at radius 3 is 2.54 bits per heavy atom. The highest BCUT2D eigenvalue weighted by Gasteiger charge is 2.46. The van der Waals surface area contributed by atoms with Crippen LogP contribution in [0.2, 0.25) is 0 Å². The number of carbonyl (C=O) groups is 1. The molecule has 258 valence electrons. The first-order chi connectivity index (χ1) is 24.1. The zero-order chi connectivity index (χ0) is 34.9. The summed E-state index contributed by atoms with van der Waals surface area (Å²) in [5, 5.41) is 20.1. The third-order valence-electron chi connectivity index (χ3n) is 11.0. The van der Waals surface area contributed by atoms with Crippen LogP contribution in [0.3, 0.4) is 0 Å². The molecule has 50 heavy (non-hydrogen) atoms. The second-order valence-electron chi connectivity index (χ2n) is 14.1. The van der Waals surface area contributed by atoms with Crippen LogP contribution < -0.4 is 9.64 Å². The normalized spacial score (nSPS) is 21.3. The van der Waals surface area contributed by atoms with E-state index in [2.05, 4.69) is 25.7 Å². The zero-order valence-corrected chi connectivity index (χ0v) is 28.9.